The number of amides is 2. The summed E-state index contributed by atoms with van der Waals surface area (Å²) in [6, 6.07) is 1.76. The second-order valence-electron chi connectivity index (χ2n) is 7.37. The first kappa shape index (κ1) is 20.4. The van der Waals surface area contributed by atoms with Crippen LogP contribution >= 0.6 is 0 Å². The molecule has 2 amide bonds. The Morgan fingerprint density at radius 2 is 2.04 bits per heavy atom. The largest absolute Gasteiger partial charge is 0.356 e. The minimum Gasteiger partial charge on any atom is -0.356 e. The highest BCUT2D eigenvalue weighted by atomic mass is 16.5. The summed E-state index contributed by atoms with van der Waals surface area (Å²) in [5, 5.41) is 9.71. The molecule has 1 aliphatic rings. The van der Waals surface area contributed by atoms with Gasteiger partial charge in [0.2, 0.25) is 17.7 Å². The van der Waals surface area contributed by atoms with Crippen LogP contribution in [0.2, 0.25) is 0 Å². The molecule has 1 aromatic rings. The number of likely N-dealkylation sites (tertiary alicyclic amines) is 1. The van der Waals surface area contributed by atoms with E-state index in [1.54, 1.807) is 6.07 Å². The summed E-state index contributed by atoms with van der Waals surface area (Å²) in [5.41, 5.74) is 0.825. The predicted octanol–water partition coefficient (Wildman–Crippen LogP) is 2.75. The average molecular weight is 364 g/mol. The third kappa shape index (κ3) is 6.44. The van der Waals surface area contributed by atoms with Gasteiger partial charge in [-0.15, -0.1) is 0 Å². The van der Waals surface area contributed by atoms with E-state index < -0.39 is 0 Å². The van der Waals surface area contributed by atoms with Crippen molar-refractivity contribution < 1.29 is 14.1 Å². The Balaban J connectivity index is 1.67. The second-order valence-corrected chi connectivity index (χ2v) is 7.37. The van der Waals surface area contributed by atoms with Crippen molar-refractivity contribution in [2.24, 2.45) is 5.92 Å². The molecule has 7 nitrogen and oxygen atoms in total. The van der Waals surface area contributed by atoms with Gasteiger partial charge in [0.15, 0.2) is 0 Å². The van der Waals surface area contributed by atoms with Crippen LogP contribution < -0.4 is 10.6 Å². The summed E-state index contributed by atoms with van der Waals surface area (Å²) in [6.07, 6.45) is 4.95. The van der Waals surface area contributed by atoms with Crippen LogP contribution in [0.3, 0.4) is 0 Å². The Bertz CT molecular complexity index is 577. The highest BCUT2D eigenvalue weighted by Gasteiger charge is 2.25. The zero-order valence-corrected chi connectivity index (χ0v) is 16.2. The molecule has 1 aromatic heterocycles. The van der Waals surface area contributed by atoms with Crippen LogP contribution in [-0.4, -0.2) is 48.0 Å². The molecule has 0 unspecified atom stereocenters. The van der Waals surface area contributed by atoms with Crippen molar-refractivity contribution in [1.82, 2.24) is 15.4 Å². The van der Waals surface area contributed by atoms with Crippen molar-refractivity contribution >= 4 is 17.7 Å². The quantitative estimate of drug-likeness (QED) is 0.658. The highest BCUT2D eigenvalue weighted by Crippen LogP contribution is 2.19. The number of carbonyl (C=O) groups is 2. The number of aromatic nitrogens is 1. The van der Waals surface area contributed by atoms with Crippen molar-refractivity contribution in [2.45, 2.75) is 58.8 Å². The minimum atomic E-state index is -0.112. The summed E-state index contributed by atoms with van der Waals surface area (Å²) in [5.74, 6) is 0.766. The Hall–Kier alpha value is -1.89. The van der Waals surface area contributed by atoms with Crippen molar-refractivity contribution in [2.75, 3.05) is 31.5 Å². The first-order valence-electron chi connectivity index (χ1n) is 9.76. The van der Waals surface area contributed by atoms with E-state index in [0.717, 1.165) is 57.4 Å². The van der Waals surface area contributed by atoms with Gasteiger partial charge in [0.1, 0.15) is 0 Å². The van der Waals surface area contributed by atoms with E-state index in [4.69, 9.17) is 4.52 Å². The van der Waals surface area contributed by atoms with Crippen LogP contribution in [-0.2, 0) is 9.59 Å². The van der Waals surface area contributed by atoms with E-state index in [0.29, 0.717) is 12.4 Å². The third-order valence-corrected chi connectivity index (χ3v) is 4.79. The molecule has 26 heavy (non-hydrogen) atoms. The van der Waals surface area contributed by atoms with Crippen LogP contribution in [0.1, 0.15) is 64.5 Å². The van der Waals surface area contributed by atoms with Gasteiger partial charge in [-0.2, -0.15) is 0 Å². The van der Waals surface area contributed by atoms with Gasteiger partial charge in [-0.25, -0.2) is 0 Å². The molecule has 2 rings (SSSR count). The summed E-state index contributed by atoms with van der Waals surface area (Å²) in [4.78, 5) is 26.4. The number of carbonyl (C=O) groups excluding carboxylic acids is 2. The summed E-state index contributed by atoms with van der Waals surface area (Å²) in [7, 11) is 0. The Labute approximate surface area is 155 Å². The fraction of sp³-hybridized carbons (Fsp3) is 0.737. The normalized spacial score (nSPS) is 16.0. The molecule has 0 bridgehead atoms. The lowest BCUT2D eigenvalue weighted by atomic mass is 9.96. The lowest BCUT2D eigenvalue weighted by Gasteiger charge is -2.30. The van der Waals surface area contributed by atoms with Crippen LogP contribution in [0.15, 0.2) is 10.6 Å². The first-order chi connectivity index (χ1) is 12.5. The fourth-order valence-electron chi connectivity index (χ4n) is 3.08. The van der Waals surface area contributed by atoms with E-state index in [-0.39, 0.29) is 23.7 Å². The summed E-state index contributed by atoms with van der Waals surface area (Å²) in [6.45, 7) is 8.79. The predicted molar refractivity (Wildman–Crippen MR) is 101 cm³/mol. The van der Waals surface area contributed by atoms with Crippen molar-refractivity contribution in [3.8, 4) is 0 Å². The Morgan fingerprint density at radius 1 is 1.31 bits per heavy atom. The molecule has 146 valence electrons. The molecule has 0 aromatic carbocycles. The lowest BCUT2D eigenvalue weighted by molar-refractivity contribution is -0.126. The molecular formula is C19H32N4O3. The smallest absolute Gasteiger partial charge is 0.240 e. The van der Waals surface area contributed by atoms with Gasteiger partial charge in [0.25, 0.3) is 0 Å². The topological polar surface area (TPSA) is 87.5 Å². The van der Waals surface area contributed by atoms with E-state index in [2.05, 4.69) is 27.6 Å². The standard InChI is InChI=1S/C19H32N4O3/c1-4-5-6-9-20-19(25)15-7-10-23(11-8-15)13-17(24)21-18-12-16(14(2)3)22-26-18/h12,14-15H,4-11,13H2,1-3H3,(H,20,25)(H,21,24). The first-order valence-corrected chi connectivity index (χ1v) is 9.76. The van der Waals surface area contributed by atoms with Crippen molar-refractivity contribution in [3.05, 3.63) is 11.8 Å². The zero-order chi connectivity index (χ0) is 18.9. The molecule has 0 radical (unpaired) electrons. The summed E-state index contributed by atoms with van der Waals surface area (Å²) < 4.78 is 5.14. The maximum absolute atomic E-state index is 12.2. The van der Waals surface area contributed by atoms with Crippen molar-refractivity contribution in [3.63, 3.8) is 0 Å². The minimum absolute atomic E-state index is 0.0683. The number of nitrogens with one attached hydrogen (secondary N) is 2. The Morgan fingerprint density at radius 3 is 2.65 bits per heavy atom. The summed E-state index contributed by atoms with van der Waals surface area (Å²) >= 11 is 0. The van der Waals surface area contributed by atoms with Crippen LogP contribution in [0.25, 0.3) is 0 Å². The number of rotatable bonds is 9. The van der Waals surface area contributed by atoms with Crippen LogP contribution in [0.5, 0.6) is 0 Å². The van der Waals surface area contributed by atoms with Gasteiger partial charge in [-0.3, -0.25) is 19.8 Å². The van der Waals surface area contributed by atoms with Gasteiger partial charge in [-0.05, 0) is 38.3 Å². The SMILES string of the molecule is CCCCCNC(=O)C1CCN(CC(=O)Nc2cc(C(C)C)no2)CC1. The molecule has 7 heteroatoms. The van der Waals surface area contributed by atoms with Crippen LogP contribution in [0, 0.1) is 5.92 Å². The van der Waals surface area contributed by atoms with Gasteiger partial charge in [-0.1, -0.05) is 38.8 Å². The molecule has 0 aliphatic carbocycles. The van der Waals surface area contributed by atoms with E-state index in [1.807, 2.05) is 13.8 Å². The molecule has 0 atom stereocenters. The number of unbranched alkanes of at least 4 members (excludes halogenated alkanes) is 2. The monoisotopic (exact) mass is 364 g/mol. The number of hydrogen-bond acceptors (Lipinski definition) is 5. The number of anilines is 1. The van der Waals surface area contributed by atoms with Gasteiger partial charge in [0.05, 0.1) is 12.2 Å². The van der Waals surface area contributed by atoms with Gasteiger partial charge in [0, 0.05) is 18.5 Å². The third-order valence-electron chi connectivity index (χ3n) is 4.79. The number of piperidine rings is 1. The fourth-order valence-corrected chi connectivity index (χ4v) is 3.08. The molecule has 1 saturated heterocycles. The molecule has 0 saturated carbocycles. The van der Waals surface area contributed by atoms with E-state index in [9.17, 15) is 9.59 Å². The molecule has 1 aliphatic heterocycles. The Kier molecular flexibility index (Phi) is 8.09. The average Bonchev–Trinajstić information content (AvgIpc) is 3.08. The van der Waals surface area contributed by atoms with E-state index >= 15 is 0 Å². The highest BCUT2D eigenvalue weighted by molar-refractivity contribution is 5.91. The molecule has 2 N–H and O–H groups in total. The van der Waals surface area contributed by atoms with Crippen LogP contribution in [0.4, 0.5) is 5.88 Å². The maximum Gasteiger partial charge on any atom is 0.240 e. The molecule has 2 heterocycles. The molecular weight excluding hydrogens is 332 g/mol. The lowest BCUT2D eigenvalue weighted by Crippen LogP contribution is -2.43. The maximum atomic E-state index is 12.2. The zero-order valence-electron chi connectivity index (χ0n) is 16.2. The second kappa shape index (κ2) is 10.3. The van der Waals surface area contributed by atoms with E-state index in [1.165, 1.54) is 0 Å². The van der Waals surface area contributed by atoms with Gasteiger partial charge < -0.3 is 9.84 Å². The molecule has 0 spiro atoms. The molecule has 1 fully saturated rings. The number of nitrogens with zero attached hydrogens (tertiary/aromatic N) is 2. The van der Waals surface area contributed by atoms with Crippen molar-refractivity contribution in [1.29, 1.82) is 0 Å². The van der Waals surface area contributed by atoms with Gasteiger partial charge >= 0.3 is 0 Å². The number of hydrogen-bond donors (Lipinski definition) is 2.